The summed E-state index contributed by atoms with van der Waals surface area (Å²) in [5, 5.41) is 73.5. The molecule has 0 fully saturated rings. The molecule has 0 bridgehead atoms. The van der Waals surface area contributed by atoms with Crippen LogP contribution in [0.25, 0.3) is 110 Å². The Hall–Kier alpha value is -14.6. The summed E-state index contributed by atoms with van der Waals surface area (Å²) >= 11 is 0. The Morgan fingerprint density at radius 1 is 0.389 bits per heavy atom. The van der Waals surface area contributed by atoms with Gasteiger partial charge in [0, 0.05) is 141 Å². The number of furan rings is 1. The molecule has 0 saturated heterocycles. The lowest BCUT2D eigenvalue weighted by Crippen LogP contribution is -2.10. The number of hydrogen-bond donors (Lipinski definition) is 10. The molecule has 0 radical (unpaired) electrons. The van der Waals surface area contributed by atoms with Crippen molar-refractivity contribution in [2.45, 2.75) is 179 Å². The number of unbranched alkanes of at least 4 members (excludes halogenated alkanes) is 2. The lowest BCUT2D eigenvalue weighted by atomic mass is 9.86. The molecule has 20 aromatic rings. The molecule has 10 N–H and O–H groups in total. The highest BCUT2D eigenvalue weighted by atomic mass is 19.3. The van der Waals surface area contributed by atoms with Crippen LogP contribution in [0, 0.1) is 5.41 Å². The van der Waals surface area contributed by atoms with E-state index in [1.165, 1.54) is 33.1 Å². The minimum atomic E-state index is -2.90. The third-order valence-electron chi connectivity index (χ3n) is 21.5. The van der Waals surface area contributed by atoms with Crippen LogP contribution >= 0.6 is 0 Å². The quantitative estimate of drug-likeness (QED) is 0.0251. The lowest BCUT2D eigenvalue weighted by Gasteiger charge is -2.20. The average molecular weight is 1710 g/mol. The fourth-order valence-corrected chi connectivity index (χ4v) is 14.4. The zero-order chi connectivity index (χ0) is 85.3. The van der Waals surface area contributed by atoms with Crippen molar-refractivity contribution in [2.24, 2.45) is 5.41 Å². The van der Waals surface area contributed by atoms with Gasteiger partial charge < -0.3 is 49.1 Å². The van der Waals surface area contributed by atoms with Crippen molar-refractivity contribution < 1.29 is 35.7 Å². The normalized spacial score (nSPS) is 12.5. The van der Waals surface area contributed by atoms with Crippen LogP contribution in [0.3, 0.4) is 0 Å². The van der Waals surface area contributed by atoms with Crippen LogP contribution in [-0.4, -0.2) is 103 Å². The molecule has 15 heterocycles. The van der Waals surface area contributed by atoms with E-state index in [9.17, 15) is 13.2 Å². The number of aryl methyl sites for hydroxylation is 1. The van der Waals surface area contributed by atoms with Gasteiger partial charge in [0.05, 0.1) is 55.9 Å². The van der Waals surface area contributed by atoms with Crippen molar-refractivity contribution >= 4 is 168 Å². The minimum absolute atomic E-state index is 0. The maximum Gasteiger partial charge on any atom is 0.276 e. The molecule has 4 unspecified atom stereocenters. The van der Waals surface area contributed by atoms with Crippen LogP contribution in [0.2, 0.25) is 0 Å². The number of pyridine rings is 5. The van der Waals surface area contributed by atoms with Gasteiger partial charge in [-0.15, -0.1) is 0 Å². The zero-order valence-electron chi connectivity index (χ0n) is 69.5. The lowest BCUT2D eigenvalue weighted by molar-refractivity contribution is -0.00749. The summed E-state index contributed by atoms with van der Waals surface area (Å²) in [4.78, 5) is 21.7. The molecule has 652 valence electrons. The standard InChI is InChI=1S/C21H25N5O.C20H23N5O.C17H14F2N4O.C17H16FN5O.C16H15N5O.3CH4/c1-13(9-10-21(2,3)4)18-15-8-7-14(12-17(15)27-26-18)23-20-19-16(24-25-20)6-5-11-22-19;1-3-4-5-7-13(2)18-15-10-9-14(12-17(15)26-25-18)22-20-19-16(23-24-20)8-6-11-21-19;1-2-17(18,19)12-9-24-14-8-10(5-6-11(12)14)21-16-15-13(22-23-16)4-3-7-20-15;1-9(10(2)18)15-12-6-5-11(8-14(12)24-23-15)20-17-16-13(21-22-17)4-3-7-19-16;1-2-4-12-11-7-6-10(9-14(11)22-21-12)18-16-15-13(19-20-16)5-3-8-17-15;;;/h5-8,11-13H,9-10H2,1-4H3,(H2,23,24,25);6,8-13H,3-5,7H2,1-2H3,(H2,22,23,24);3-9H,2H2,1H3,(H2,21,22,23);3-10H,1-2H3,(H2,20,21,22);3,5-9H,2,4H2,1H3,(H2,18,19,20);3*1H4. The van der Waals surface area contributed by atoms with Gasteiger partial charge in [0.25, 0.3) is 5.92 Å². The van der Waals surface area contributed by atoms with Crippen molar-refractivity contribution in [3.63, 3.8) is 0 Å². The fraction of sp³-hybridized carbons (Fsp3) is 0.298. The summed E-state index contributed by atoms with van der Waals surface area (Å²) < 4.78 is 68.7. The van der Waals surface area contributed by atoms with Crippen LogP contribution in [0.4, 0.5) is 70.7 Å². The molecule has 0 aliphatic heterocycles. The van der Waals surface area contributed by atoms with Crippen LogP contribution in [0.5, 0.6) is 0 Å². The second kappa shape index (κ2) is 39.3. The van der Waals surface area contributed by atoms with Gasteiger partial charge in [-0.05, 0) is 159 Å². The zero-order valence-corrected chi connectivity index (χ0v) is 69.5. The molecule has 0 aliphatic rings. The highest BCUT2D eigenvalue weighted by Crippen LogP contribution is 2.41. The molecular formula is C94H105F3N24O5. The third-order valence-corrected chi connectivity index (χ3v) is 21.5. The van der Waals surface area contributed by atoms with Crippen LogP contribution in [0.1, 0.15) is 189 Å². The predicted octanol–water partition coefficient (Wildman–Crippen LogP) is 26.3. The third kappa shape index (κ3) is 19.9. The molecule has 126 heavy (non-hydrogen) atoms. The number of halogens is 3. The van der Waals surface area contributed by atoms with Crippen molar-refractivity contribution in [2.75, 3.05) is 26.6 Å². The van der Waals surface area contributed by atoms with E-state index >= 15 is 0 Å². The predicted molar refractivity (Wildman–Crippen MR) is 495 cm³/mol. The number of benzene rings is 5. The molecule has 20 rings (SSSR count). The number of nitrogens with zero attached hydrogens (tertiary/aromatic N) is 14. The maximum absolute atomic E-state index is 13.9. The Balaban J connectivity index is 0.000000134. The van der Waals surface area contributed by atoms with E-state index in [4.69, 9.17) is 22.5 Å². The minimum Gasteiger partial charge on any atom is -0.464 e. The first kappa shape index (κ1) is 89.2. The number of rotatable bonds is 24. The Labute approximate surface area is 724 Å². The van der Waals surface area contributed by atoms with Gasteiger partial charge in [-0.2, -0.15) is 25.5 Å². The summed E-state index contributed by atoms with van der Waals surface area (Å²) in [6.45, 7) is 20.4. The molecule has 29 nitrogen and oxygen atoms in total. The summed E-state index contributed by atoms with van der Waals surface area (Å²) in [6.07, 6.45) is 17.6. The Morgan fingerprint density at radius 3 is 1.08 bits per heavy atom. The van der Waals surface area contributed by atoms with Crippen LogP contribution < -0.4 is 26.6 Å². The van der Waals surface area contributed by atoms with E-state index in [-0.39, 0.29) is 40.2 Å². The van der Waals surface area contributed by atoms with Crippen LogP contribution in [-0.2, 0) is 12.3 Å². The van der Waals surface area contributed by atoms with Gasteiger partial charge in [-0.3, -0.25) is 50.4 Å². The first-order valence-corrected chi connectivity index (χ1v) is 41.1. The Bertz CT molecular complexity index is 6980. The van der Waals surface area contributed by atoms with E-state index in [1.807, 2.05) is 121 Å². The van der Waals surface area contributed by atoms with E-state index in [2.05, 4.69) is 184 Å². The number of fused-ring (bicyclic) bond motifs is 10. The van der Waals surface area contributed by atoms with Gasteiger partial charge in [-0.25, -0.2) is 13.2 Å². The summed E-state index contributed by atoms with van der Waals surface area (Å²) in [5.41, 5.74) is 19.8. The largest absolute Gasteiger partial charge is 0.464 e. The number of H-pyrrole nitrogens is 5. The smallest absolute Gasteiger partial charge is 0.276 e. The highest BCUT2D eigenvalue weighted by Gasteiger charge is 2.33. The molecule has 0 saturated carbocycles. The number of hydrogen-bond acceptors (Lipinski definition) is 24. The SMILES string of the molecule is C.C.C.CC(CCC(C)(C)C)c1noc2cc(Nc3n[nH]c4cccnc34)ccc12.CC(F)C(C)c1noc2cc(Nc3n[nH]c4cccnc34)ccc12.CCC(F)(F)c1coc2cc(Nc3n[nH]c4cccnc34)ccc12.CCCCCC(C)c1noc2cc(Nc3n[nH]c4cccnc34)ccc12.CCCc1noc2cc(Nc3n[nH]c4cccnc34)ccc12. The molecule has 32 heteroatoms. The highest BCUT2D eigenvalue weighted by molar-refractivity contribution is 5.95. The van der Waals surface area contributed by atoms with Crippen LogP contribution in [0.15, 0.2) is 211 Å². The first-order valence-electron chi connectivity index (χ1n) is 41.1. The first-order chi connectivity index (χ1) is 59.7. The molecular weight excluding hydrogens is 1600 g/mol. The van der Waals surface area contributed by atoms with E-state index < -0.39 is 12.1 Å². The number of alkyl halides is 3. The van der Waals surface area contributed by atoms with E-state index in [0.29, 0.717) is 79.8 Å². The van der Waals surface area contributed by atoms with Gasteiger partial charge >= 0.3 is 0 Å². The number of nitrogens with one attached hydrogen (secondary N) is 10. The van der Waals surface area contributed by atoms with E-state index in [1.54, 1.807) is 56.1 Å². The van der Waals surface area contributed by atoms with Crippen molar-refractivity contribution in [1.82, 2.24) is 96.5 Å². The Kier molecular flexibility index (Phi) is 27.8. The fourth-order valence-electron chi connectivity index (χ4n) is 14.4. The van der Waals surface area contributed by atoms with Gasteiger partial charge in [0.15, 0.2) is 51.4 Å². The second-order valence-corrected chi connectivity index (χ2v) is 31.7. The van der Waals surface area contributed by atoms with Crippen molar-refractivity contribution in [3.05, 3.63) is 217 Å². The summed E-state index contributed by atoms with van der Waals surface area (Å²) in [6, 6.07) is 47.6. The van der Waals surface area contributed by atoms with Gasteiger partial charge in [0.2, 0.25) is 0 Å². The average Bonchev–Trinajstić information content (AvgIpc) is 1.64. The van der Waals surface area contributed by atoms with Crippen molar-refractivity contribution in [3.8, 4) is 0 Å². The Morgan fingerprint density at radius 2 is 0.722 bits per heavy atom. The van der Waals surface area contributed by atoms with Gasteiger partial charge in [0.1, 0.15) is 45.6 Å². The molecule has 0 aliphatic carbocycles. The summed E-state index contributed by atoms with van der Waals surface area (Å²) in [5.74, 6) is 0.849. The molecule has 4 atom stereocenters. The van der Waals surface area contributed by atoms with E-state index in [0.717, 1.165) is 166 Å². The molecule has 15 aromatic heterocycles. The number of aromatic amines is 5. The monoisotopic (exact) mass is 1710 g/mol. The topological polar surface area (TPSA) is 385 Å². The molecule has 5 aromatic carbocycles. The number of anilines is 10. The van der Waals surface area contributed by atoms with Crippen molar-refractivity contribution in [1.29, 1.82) is 0 Å². The molecule has 0 spiro atoms. The maximum atomic E-state index is 13.9. The van der Waals surface area contributed by atoms with Gasteiger partial charge in [-0.1, -0.05) is 131 Å². The molecule has 0 amide bonds. The second-order valence-electron chi connectivity index (χ2n) is 31.7. The summed E-state index contributed by atoms with van der Waals surface area (Å²) in [7, 11) is 0. The number of aromatic nitrogens is 19.